The molecule has 0 amide bonds. The molecule has 0 aromatic heterocycles. The summed E-state index contributed by atoms with van der Waals surface area (Å²) in [5.41, 5.74) is -0.231. The predicted octanol–water partition coefficient (Wildman–Crippen LogP) is 2.37. The van der Waals surface area contributed by atoms with Crippen LogP contribution in [0.25, 0.3) is 0 Å². The molecule has 0 aromatic carbocycles. The molecule has 2 aliphatic carbocycles. The number of hydrogen-bond donors (Lipinski definition) is 0. The van der Waals surface area contributed by atoms with Crippen molar-refractivity contribution in [2.24, 2.45) is 5.41 Å². The van der Waals surface area contributed by atoms with Crippen molar-refractivity contribution in [1.82, 2.24) is 0 Å². The Morgan fingerprint density at radius 3 is 2.06 bits per heavy atom. The summed E-state index contributed by atoms with van der Waals surface area (Å²) in [6, 6.07) is 0. The molecule has 0 unspecified atom stereocenters. The third-order valence-electron chi connectivity index (χ3n) is 3.99. The highest BCUT2D eigenvalue weighted by molar-refractivity contribution is 6.46. The summed E-state index contributed by atoms with van der Waals surface area (Å²) in [4.78, 5) is 35.2. The molecule has 2 fully saturated rings. The molecule has 4 nitrogen and oxygen atoms in total. The van der Waals surface area contributed by atoms with Crippen LogP contribution in [-0.2, 0) is 19.1 Å². The number of ketones is 2. The average Bonchev–Trinajstić information content (AvgIpc) is 2.27. The minimum Gasteiger partial charge on any atom is -0.428 e. The van der Waals surface area contributed by atoms with Gasteiger partial charge in [0.05, 0.1) is 0 Å². The van der Waals surface area contributed by atoms with E-state index in [2.05, 4.69) is 0 Å². The number of Topliss-reactive ketones (excluding diaryl/α,β-unsaturated/α-hetero) is 2. The van der Waals surface area contributed by atoms with Crippen molar-refractivity contribution in [3.8, 4) is 0 Å². The fraction of sp³-hybridized carbons (Fsp3) is 0.769. The molecule has 0 atom stereocenters. The molecule has 100 valence electrons. The van der Waals surface area contributed by atoms with E-state index in [0.717, 1.165) is 39.0 Å². The maximum Gasteiger partial charge on any atom is 0.305 e. The van der Waals surface area contributed by atoms with Gasteiger partial charge in [-0.2, -0.15) is 0 Å². The van der Waals surface area contributed by atoms with Crippen molar-refractivity contribution < 1.29 is 19.1 Å². The number of alkyl halides is 1. The largest absolute Gasteiger partial charge is 0.428 e. The van der Waals surface area contributed by atoms with E-state index in [1.54, 1.807) is 0 Å². The van der Waals surface area contributed by atoms with E-state index in [1.807, 2.05) is 0 Å². The molecule has 2 aliphatic rings. The number of carbonyl (C=O) groups excluding carboxylic acids is 3. The van der Waals surface area contributed by atoms with Gasteiger partial charge in [0.15, 0.2) is 0 Å². The lowest BCUT2D eigenvalue weighted by atomic mass is 9.64. The lowest BCUT2D eigenvalue weighted by molar-refractivity contribution is -0.168. The maximum atomic E-state index is 12.1. The van der Waals surface area contributed by atoms with Crippen LogP contribution in [0, 0.1) is 5.41 Å². The highest BCUT2D eigenvalue weighted by atomic mass is 35.5. The van der Waals surface area contributed by atoms with Crippen LogP contribution in [0.15, 0.2) is 0 Å². The Labute approximate surface area is 111 Å². The summed E-state index contributed by atoms with van der Waals surface area (Å²) in [6.07, 6.45) is 5.51. The molecule has 1 spiro atoms. The van der Waals surface area contributed by atoms with Gasteiger partial charge in [-0.05, 0) is 18.3 Å². The van der Waals surface area contributed by atoms with Crippen molar-refractivity contribution in [1.29, 1.82) is 0 Å². The summed E-state index contributed by atoms with van der Waals surface area (Å²) in [5, 5.41) is -2.06. The zero-order chi connectivity index (χ0) is 13.4. The van der Waals surface area contributed by atoms with Crippen LogP contribution in [0.5, 0.6) is 0 Å². The molecule has 0 radical (unpaired) electrons. The second-order valence-corrected chi connectivity index (χ2v) is 5.98. The van der Waals surface area contributed by atoms with Crippen molar-refractivity contribution in [3.05, 3.63) is 0 Å². The van der Waals surface area contributed by atoms with Gasteiger partial charge in [0.2, 0.25) is 11.6 Å². The minimum absolute atomic E-state index is 0.231. The molecule has 5 heteroatoms. The van der Waals surface area contributed by atoms with E-state index in [1.165, 1.54) is 0 Å². The minimum atomic E-state index is -2.06. The molecular weight excluding hydrogens is 256 g/mol. The Hall–Kier alpha value is -0.900. The van der Waals surface area contributed by atoms with Gasteiger partial charge in [-0.3, -0.25) is 14.4 Å². The third-order valence-corrected chi connectivity index (χ3v) is 4.49. The van der Waals surface area contributed by atoms with Gasteiger partial charge in [-0.15, -0.1) is 0 Å². The first-order valence-corrected chi connectivity index (χ1v) is 6.71. The van der Waals surface area contributed by atoms with Gasteiger partial charge in [0, 0.05) is 19.8 Å². The van der Waals surface area contributed by atoms with Crippen LogP contribution in [0.4, 0.5) is 0 Å². The van der Waals surface area contributed by atoms with Gasteiger partial charge in [0.1, 0.15) is 0 Å². The number of carbonyl (C=O) groups is 3. The predicted molar refractivity (Wildman–Crippen MR) is 65.1 cm³/mol. The van der Waals surface area contributed by atoms with Crippen LogP contribution < -0.4 is 0 Å². The van der Waals surface area contributed by atoms with Crippen molar-refractivity contribution in [3.63, 3.8) is 0 Å². The van der Waals surface area contributed by atoms with Gasteiger partial charge < -0.3 is 4.74 Å². The van der Waals surface area contributed by atoms with Crippen LogP contribution in [0.1, 0.15) is 51.9 Å². The molecule has 2 saturated carbocycles. The zero-order valence-corrected chi connectivity index (χ0v) is 11.2. The SMILES string of the molecule is CC(=O)OC1(Cl)C(=O)CC2(CCCCC2)CC1=O. The number of halogens is 1. The van der Waals surface area contributed by atoms with Gasteiger partial charge in [0.25, 0.3) is 0 Å². The second-order valence-electron chi connectivity index (χ2n) is 5.45. The Morgan fingerprint density at radius 2 is 1.61 bits per heavy atom. The maximum absolute atomic E-state index is 12.1. The standard InChI is InChI=1S/C13H17ClO4/c1-9(15)18-13(14)10(16)7-12(8-11(13)17)5-3-2-4-6-12/h2-8H2,1H3. The first-order valence-electron chi connectivity index (χ1n) is 6.33. The molecule has 0 aromatic rings. The molecule has 0 saturated heterocycles. The highest BCUT2D eigenvalue weighted by Crippen LogP contribution is 2.48. The Morgan fingerprint density at radius 1 is 1.11 bits per heavy atom. The second kappa shape index (κ2) is 4.65. The topological polar surface area (TPSA) is 60.4 Å². The molecule has 2 rings (SSSR count). The number of esters is 1. The first-order chi connectivity index (χ1) is 8.38. The summed E-state index contributed by atoms with van der Waals surface area (Å²) < 4.78 is 4.76. The van der Waals surface area contributed by atoms with Crippen molar-refractivity contribution >= 4 is 29.1 Å². The molecular formula is C13H17ClO4. The van der Waals surface area contributed by atoms with Crippen molar-refractivity contribution in [2.45, 2.75) is 56.9 Å². The fourth-order valence-electron chi connectivity index (χ4n) is 3.09. The van der Waals surface area contributed by atoms with Gasteiger partial charge in [-0.1, -0.05) is 30.9 Å². The number of hydrogen-bond acceptors (Lipinski definition) is 4. The average molecular weight is 273 g/mol. The van der Waals surface area contributed by atoms with E-state index in [4.69, 9.17) is 16.3 Å². The smallest absolute Gasteiger partial charge is 0.305 e. The summed E-state index contributed by atoms with van der Waals surface area (Å²) in [6.45, 7) is 1.15. The van der Waals surface area contributed by atoms with Crippen LogP contribution in [0.2, 0.25) is 0 Å². The molecule has 0 bridgehead atoms. The van der Waals surface area contributed by atoms with Crippen molar-refractivity contribution in [2.75, 3.05) is 0 Å². The fourth-order valence-corrected chi connectivity index (χ4v) is 3.34. The van der Waals surface area contributed by atoms with E-state index in [0.29, 0.717) is 0 Å². The third kappa shape index (κ3) is 2.30. The first kappa shape index (κ1) is 13.5. The summed E-state index contributed by atoms with van der Waals surface area (Å²) in [7, 11) is 0. The Kier molecular flexibility index (Phi) is 3.49. The Bertz CT molecular complexity index is 376. The van der Waals surface area contributed by atoms with E-state index in [9.17, 15) is 14.4 Å². The summed E-state index contributed by atoms with van der Waals surface area (Å²) >= 11 is 5.93. The number of rotatable bonds is 1. The molecule has 0 aliphatic heterocycles. The van der Waals surface area contributed by atoms with Gasteiger partial charge in [-0.25, -0.2) is 0 Å². The van der Waals surface area contributed by atoms with E-state index >= 15 is 0 Å². The summed E-state index contributed by atoms with van der Waals surface area (Å²) in [5.74, 6) is -1.62. The molecule has 0 heterocycles. The van der Waals surface area contributed by atoms with Crippen LogP contribution >= 0.6 is 11.6 Å². The van der Waals surface area contributed by atoms with Crippen LogP contribution in [-0.4, -0.2) is 22.6 Å². The normalized spacial score (nSPS) is 26.1. The lowest BCUT2D eigenvalue weighted by Gasteiger charge is -2.42. The highest BCUT2D eigenvalue weighted by Gasteiger charge is 2.56. The van der Waals surface area contributed by atoms with E-state index in [-0.39, 0.29) is 18.3 Å². The monoisotopic (exact) mass is 272 g/mol. The number of ether oxygens (including phenoxy) is 1. The van der Waals surface area contributed by atoms with E-state index < -0.39 is 22.6 Å². The quantitative estimate of drug-likeness (QED) is 0.418. The lowest BCUT2D eigenvalue weighted by Crippen LogP contribution is -2.53. The van der Waals surface area contributed by atoms with Gasteiger partial charge >= 0.3 is 11.0 Å². The Balaban J connectivity index is 2.19. The zero-order valence-electron chi connectivity index (χ0n) is 10.5. The molecule has 18 heavy (non-hydrogen) atoms. The van der Waals surface area contributed by atoms with Crippen LogP contribution in [0.3, 0.4) is 0 Å². The molecule has 0 N–H and O–H groups in total.